The van der Waals surface area contributed by atoms with E-state index in [-0.39, 0.29) is 17.5 Å². The molecule has 0 unspecified atom stereocenters. The molecule has 1 N–H and O–H groups in total. The topological polar surface area (TPSA) is 82.5 Å². The van der Waals surface area contributed by atoms with Crippen LogP contribution in [0.15, 0.2) is 35.1 Å². The van der Waals surface area contributed by atoms with Gasteiger partial charge < -0.3 is 14.8 Å². The van der Waals surface area contributed by atoms with E-state index in [9.17, 15) is 9.59 Å². The number of benzene rings is 1. The first-order valence-corrected chi connectivity index (χ1v) is 9.16. The van der Waals surface area contributed by atoms with Gasteiger partial charge in [0, 0.05) is 17.7 Å². The molecule has 1 aromatic carbocycles. The Kier molecular flexibility index (Phi) is 5.78. The van der Waals surface area contributed by atoms with E-state index in [1.54, 1.807) is 14.0 Å². The lowest BCUT2D eigenvalue weighted by atomic mass is 10.1. The lowest BCUT2D eigenvalue weighted by Crippen LogP contribution is -2.41. The van der Waals surface area contributed by atoms with Crippen molar-refractivity contribution in [3.05, 3.63) is 40.7 Å². The Hall–Kier alpha value is -2.83. The third kappa shape index (κ3) is 4.13. The highest BCUT2D eigenvalue weighted by Gasteiger charge is 2.24. The second-order valence-corrected chi connectivity index (χ2v) is 6.74. The van der Waals surface area contributed by atoms with Crippen LogP contribution < -0.4 is 20.3 Å². The van der Waals surface area contributed by atoms with Crippen molar-refractivity contribution in [3.63, 3.8) is 0 Å². The summed E-state index contributed by atoms with van der Waals surface area (Å²) >= 11 is 0. The first-order chi connectivity index (χ1) is 13.0. The average molecular weight is 371 g/mol. The summed E-state index contributed by atoms with van der Waals surface area (Å²) in [5.41, 5.74) is 0.892. The van der Waals surface area contributed by atoms with E-state index < -0.39 is 6.04 Å². The predicted octanol–water partition coefficient (Wildman–Crippen LogP) is 2.55. The number of carbonyl (C=O) groups is 1. The third-order valence-electron chi connectivity index (χ3n) is 4.95. The van der Waals surface area contributed by atoms with Crippen LogP contribution >= 0.6 is 0 Å². The maximum absolute atomic E-state index is 12.6. The van der Waals surface area contributed by atoms with E-state index in [4.69, 9.17) is 9.47 Å². The molecule has 1 aliphatic carbocycles. The summed E-state index contributed by atoms with van der Waals surface area (Å²) in [4.78, 5) is 25.1. The highest BCUT2D eigenvalue weighted by Crippen LogP contribution is 2.28. The zero-order chi connectivity index (χ0) is 19.4. The molecule has 0 bridgehead atoms. The quantitative estimate of drug-likeness (QED) is 0.844. The highest BCUT2D eigenvalue weighted by atomic mass is 16.5. The Morgan fingerprint density at radius 1 is 1.19 bits per heavy atom. The van der Waals surface area contributed by atoms with Gasteiger partial charge in [-0.2, -0.15) is 5.10 Å². The van der Waals surface area contributed by atoms with Crippen LogP contribution in [-0.2, 0) is 4.79 Å². The second-order valence-electron chi connectivity index (χ2n) is 6.74. The molecule has 2 aromatic rings. The van der Waals surface area contributed by atoms with E-state index in [0.717, 1.165) is 37.0 Å². The van der Waals surface area contributed by atoms with Crippen LogP contribution in [0, 0.1) is 0 Å². The number of aromatic nitrogens is 2. The fraction of sp³-hybridized carbons (Fsp3) is 0.450. The number of hydrogen-bond donors (Lipinski definition) is 1. The molecule has 7 nitrogen and oxygen atoms in total. The van der Waals surface area contributed by atoms with Crippen molar-refractivity contribution in [1.29, 1.82) is 0 Å². The van der Waals surface area contributed by atoms with Crippen molar-refractivity contribution >= 4 is 5.91 Å². The number of amides is 1. The van der Waals surface area contributed by atoms with Gasteiger partial charge in [0.05, 0.1) is 14.2 Å². The van der Waals surface area contributed by atoms with Gasteiger partial charge in [-0.25, -0.2) is 4.68 Å². The van der Waals surface area contributed by atoms with Gasteiger partial charge in [-0.1, -0.05) is 12.8 Å². The number of carbonyl (C=O) groups excluding carboxylic acids is 1. The molecule has 1 aromatic heterocycles. The summed E-state index contributed by atoms with van der Waals surface area (Å²) in [5, 5.41) is 7.46. The van der Waals surface area contributed by atoms with Crippen molar-refractivity contribution in [2.75, 3.05) is 14.2 Å². The normalized spacial score (nSPS) is 15.4. The van der Waals surface area contributed by atoms with Crippen LogP contribution in [0.1, 0.15) is 38.6 Å². The molecular weight excluding hydrogens is 346 g/mol. The summed E-state index contributed by atoms with van der Waals surface area (Å²) in [6.45, 7) is 1.68. The molecule has 0 spiro atoms. The summed E-state index contributed by atoms with van der Waals surface area (Å²) < 4.78 is 11.7. The molecule has 1 atom stereocenters. The van der Waals surface area contributed by atoms with Gasteiger partial charge in [0.1, 0.15) is 17.5 Å². The van der Waals surface area contributed by atoms with E-state index in [2.05, 4.69) is 10.4 Å². The lowest BCUT2D eigenvalue weighted by Gasteiger charge is -2.19. The number of hydrogen-bond acceptors (Lipinski definition) is 5. The van der Waals surface area contributed by atoms with Crippen LogP contribution in [0.3, 0.4) is 0 Å². The summed E-state index contributed by atoms with van der Waals surface area (Å²) in [5.74, 6) is 0.891. The van der Waals surface area contributed by atoms with Gasteiger partial charge in [0.2, 0.25) is 5.91 Å². The lowest BCUT2D eigenvalue weighted by molar-refractivity contribution is -0.124. The fourth-order valence-electron chi connectivity index (χ4n) is 3.34. The van der Waals surface area contributed by atoms with Crippen LogP contribution in [0.5, 0.6) is 11.5 Å². The number of nitrogens with zero attached hydrogens (tertiary/aromatic N) is 2. The standard InChI is InChI=1S/C20H25N3O4/c1-13(20(25)21-15-6-4-5-7-15)23-18(24)12-17(27-3)19(22-23)14-8-10-16(26-2)11-9-14/h8-13,15H,4-7H2,1-3H3,(H,21,25)/t13-/m1/s1. The van der Waals surface area contributed by atoms with Gasteiger partial charge >= 0.3 is 0 Å². The maximum atomic E-state index is 12.6. The maximum Gasteiger partial charge on any atom is 0.271 e. The third-order valence-corrected chi connectivity index (χ3v) is 4.95. The van der Waals surface area contributed by atoms with E-state index in [1.807, 2.05) is 24.3 Å². The van der Waals surface area contributed by atoms with E-state index in [1.165, 1.54) is 17.9 Å². The van der Waals surface area contributed by atoms with Crippen molar-refractivity contribution in [3.8, 4) is 22.8 Å². The van der Waals surface area contributed by atoms with Gasteiger partial charge in [0.25, 0.3) is 5.56 Å². The molecule has 1 heterocycles. The van der Waals surface area contributed by atoms with Gasteiger partial charge in [-0.3, -0.25) is 9.59 Å². The SMILES string of the molecule is COc1ccc(-c2nn([C@H](C)C(=O)NC3CCCC3)c(=O)cc2OC)cc1. The van der Waals surface area contributed by atoms with Crippen LogP contribution in [0.2, 0.25) is 0 Å². The number of methoxy groups -OCH3 is 2. The predicted molar refractivity (Wildman–Crippen MR) is 102 cm³/mol. The average Bonchev–Trinajstić information content (AvgIpc) is 3.20. The van der Waals surface area contributed by atoms with Crippen molar-refractivity contribution in [1.82, 2.24) is 15.1 Å². The Morgan fingerprint density at radius 2 is 1.85 bits per heavy atom. The second kappa shape index (κ2) is 8.24. The van der Waals surface area contributed by atoms with Gasteiger partial charge in [-0.05, 0) is 44.0 Å². The zero-order valence-corrected chi connectivity index (χ0v) is 15.9. The molecular formula is C20H25N3O4. The number of ether oxygens (including phenoxy) is 2. The minimum Gasteiger partial charge on any atom is -0.497 e. The summed E-state index contributed by atoms with van der Waals surface area (Å²) in [6.07, 6.45) is 4.23. The monoisotopic (exact) mass is 371 g/mol. The minimum absolute atomic E-state index is 0.190. The van der Waals surface area contributed by atoms with Crippen molar-refractivity contribution in [2.45, 2.75) is 44.7 Å². The minimum atomic E-state index is -0.707. The van der Waals surface area contributed by atoms with E-state index in [0.29, 0.717) is 11.4 Å². The smallest absolute Gasteiger partial charge is 0.271 e. The fourth-order valence-corrected chi connectivity index (χ4v) is 3.34. The molecule has 1 saturated carbocycles. The van der Waals surface area contributed by atoms with Crippen LogP contribution in [-0.4, -0.2) is 35.9 Å². The molecule has 0 aliphatic heterocycles. The Balaban J connectivity index is 1.92. The molecule has 27 heavy (non-hydrogen) atoms. The largest absolute Gasteiger partial charge is 0.497 e. The Morgan fingerprint density at radius 3 is 2.44 bits per heavy atom. The zero-order valence-electron chi connectivity index (χ0n) is 15.9. The first kappa shape index (κ1) is 18.9. The molecule has 1 fully saturated rings. The number of rotatable bonds is 6. The van der Waals surface area contributed by atoms with Gasteiger partial charge in [0.15, 0.2) is 5.75 Å². The molecule has 3 rings (SSSR count). The Labute approximate surface area is 158 Å². The van der Waals surface area contributed by atoms with Gasteiger partial charge in [-0.15, -0.1) is 0 Å². The molecule has 144 valence electrons. The van der Waals surface area contributed by atoms with E-state index >= 15 is 0 Å². The van der Waals surface area contributed by atoms with Crippen LogP contribution in [0.25, 0.3) is 11.3 Å². The molecule has 0 radical (unpaired) electrons. The molecule has 1 amide bonds. The highest BCUT2D eigenvalue weighted by molar-refractivity contribution is 5.80. The Bertz CT molecular complexity index is 855. The molecule has 0 saturated heterocycles. The first-order valence-electron chi connectivity index (χ1n) is 9.16. The number of nitrogens with one attached hydrogen (secondary N) is 1. The summed E-state index contributed by atoms with van der Waals surface area (Å²) in [6, 6.07) is 8.13. The van der Waals surface area contributed by atoms with Crippen LogP contribution in [0.4, 0.5) is 0 Å². The molecule has 1 aliphatic rings. The van der Waals surface area contributed by atoms with Crippen molar-refractivity contribution in [2.24, 2.45) is 0 Å². The van der Waals surface area contributed by atoms with Crippen molar-refractivity contribution < 1.29 is 14.3 Å². The summed E-state index contributed by atoms with van der Waals surface area (Å²) in [7, 11) is 3.09. The molecule has 7 heteroatoms.